The van der Waals surface area contributed by atoms with E-state index in [2.05, 4.69) is 131 Å². The van der Waals surface area contributed by atoms with Crippen LogP contribution in [0, 0.1) is 0 Å². The fourth-order valence-electron chi connectivity index (χ4n) is 3.63. The van der Waals surface area contributed by atoms with E-state index < -0.39 is 7.26 Å². The van der Waals surface area contributed by atoms with Crippen LogP contribution in [0.1, 0.15) is 5.56 Å². The van der Waals surface area contributed by atoms with Gasteiger partial charge in [-0.05, 0) is 54.1 Å². The molecule has 4 aromatic carbocycles. The monoisotopic (exact) mass is 466 g/mol. The first-order valence-corrected chi connectivity index (χ1v) is 11.9. The summed E-state index contributed by atoms with van der Waals surface area (Å²) in [5, 5.41) is 4.26. The van der Waals surface area contributed by atoms with Gasteiger partial charge in [0.05, 0.1) is 6.16 Å². The second-order valence-electron chi connectivity index (χ2n) is 6.60. The highest BCUT2D eigenvalue weighted by Crippen LogP contribution is 2.58. The van der Waals surface area contributed by atoms with Gasteiger partial charge in [0, 0.05) is 4.47 Å². The SMILES string of the molecule is Brc1ccc(C[P+](c2ccccc2)(c2ccccc2)c2ccccc2)cc1.[Cl-]. The van der Waals surface area contributed by atoms with Gasteiger partial charge in [0.1, 0.15) is 23.2 Å². The van der Waals surface area contributed by atoms with E-state index in [1.54, 1.807) is 0 Å². The Morgan fingerprint density at radius 2 is 0.857 bits per heavy atom. The van der Waals surface area contributed by atoms with Crippen LogP contribution in [0.2, 0.25) is 0 Å². The standard InChI is InChI=1S/C25H21BrP.ClH/c26-22-18-16-21(17-19-22)20-27(23-10-4-1-5-11-23,24-12-6-2-7-13-24)25-14-8-3-9-15-25;/h1-19H,20H2;1H/q+1;/p-1. The molecule has 28 heavy (non-hydrogen) atoms. The summed E-state index contributed by atoms with van der Waals surface area (Å²) in [6.07, 6.45) is 1.01. The lowest BCUT2D eigenvalue weighted by atomic mass is 10.2. The first-order valence-electron chi connectivity index (χ1n) is 9.08. The van der Waals surface area contributed by atoms with Crippen LogP contribution < -0.4 is 28.3 Å². The summed E-state index contributed by atoms with van der Waals surface area (Å²) in [4.78, 5) is 0. The van der Waals surface area contributed by atoms with Crippen molar-refractivity contribution in [1.29, 1.82) is 0 Å². The summed E-state index contributed by atoms with van der Waals surface area (Å²) in [5.74, 6) is 0. The molecule has 0 aliphatic heterocycles. The molecule has 0 radical (unpaired) electrons. The average Bonchev–Trinajstić information content (AvgIpc) is 2.75. The number of halogens is 2. The molecule has 3 heteroatoms. The second-order valence-corrected chi connectivity index (χ2v) is 11.0. The molecule has 0 aliphatic carbocycles. The van der Waals surface area contributed by atoms with Gasteiger partial charge in [0.25, 0.3) is 0 Å². The predicted octanol–water partition coefficient (Wildman–Crippen LogP) is 2.95. The molecule has 0 atom stereocenters. The van der Waals surface area contributed by atoms with Gasteiger partial charge < -0.3 is 12.4 Å². The van der Waals surface area contributed by atoms with Crippen molar-refractivity contribution in [2.45, 2.75) is 6.16 Å². The molecule has 0 heterocycles. The number of hydrogen-bond donors (Lipinski definition) is 0. The maximum Gasteiger partial charge on any atom is 0.116 e. The second kappa shape index (κ2) is 9.52. The molecule has 0 unspecified atom stereocenters. The number of hydrogen-bond acceptors (Lipinski definition) is 0. The molecule has 0 N–H and O–H groups in total. The van der Waals surface area contributed by atoms with Crippen molar-refractivity contribution in [3.8, 4) is 0 Å². The molecule has 4 rings (SSSR count). The van der Waals surface area contributed by atoms with Crippen molar-refractivity contribution in [2.24, 2.45) is 0 Å². The van der Waals surface area contributed by atoms with Gasteiger partial charge in [0.15, 0.2) is 0 Å². The molecule has 0 aromatic heterocycles. The van der Waals surface area contributed by atoms with E-state index in [0.717, 1.165) is 10.6 Å². The van der Waals surface area contributed by atoms with E-state index in [1.807, 2.05) is 0 Å². The molecule has 0 aliphatic rings. The molecule has 0 saturated carbocycles. The smallest absolute Gasteiger partial charge is 0.116 e. The number of benzene rings is 4. The minimum Gasteiger partial charge on any atom is -1.00 e. The van der Waals surface area contributed by atoms with Crippen molar-refractivity contribution < 1.29 is 12.4 Å². The van der Waals surface area contributed by atoms with Crippen LogP contribution in [0.15, 0.2) is 120 Å². The van der Waals surface area contributed by atoms with Gasteiger partial charge in [-0.3, -0.25) is 0 Å². The van der Waals surface area contributed by atoms with Crippen molar-refractivity contribution in [3.05, 3.63) is 125 Å². The van der Waals surface area contributed by atoms with E-state index in [4.69, 9.17) is 0 Å². The highest BCUT2D eigenvalue weighted by molar-refractivity contribution is 9.10. The molecular weight excluding hydrogens is 447 g/mol. The van der Waals surface area contributed by atoms with Gasteiger partial charge in [-0.2, -0.15) is 0 Å². The van der Waals surface area contributed by atoms with E-state index in [-0.39, 0.29) is 12.4 Å². The molecular formula is C25H21BrClP. The lowest BCUT2D eigenvalue weighted by Gasteiger charge is -2.27. The lowest BCUT2D eigenvalue weighted by Crippen LogP contribution is -3.00. The van der Waals surface area contributed by atoms with Crippen LogP contribution in [-0.4, -0.2) is 0 Å². The Morgan fingerprint density at radius 1 is 0.500 bits per heavy atom. The summed E-state index contributed by atoms with van der Waals surface area (Å²) >= 11 is 3.57. The minimum absolute atomic E-state index is 0. The molecule has 0 saturated heterocycles. The summed E-state index contributed by atoms with van der Waals surface area (Å²) < 4.78 is 1.12. The summed E-state index contributed by atoms with van der Waals surface area (Å²) in [5.41, 5.74) is 1.36. The Balaban J connectivity index is 0.00000225. The molecule has 0 fully saturated rings. The Hall–Kier alpha value is -1.92. The van der Waals surface area contributed by atoms with Crippen LogP contribution >= 0.6 is 23.2 Å². The van der Waals surface area contributed by atoms with Crippen LogP contribution in [0.4, 0.5) is 0 Å². The summed E-state index contributed by atoms with van der Waals surface area (Å²) in [6.45, 7) is 0. The van der Waals surface area contributed by atoms with Gasteiger partial charge >= 0.3 is 0 Å². The Kier molecular flexibility index (Phi) is 7.08. The topological polar surface area (TPSA) is 0 Å². The third-order valence-electron chi connectivity index (χ3n) is 4.92. The van der Waals surface area contributed by atoms with E-state index in [9.17, 15) is 0 Å². The maximum absolute atomic E-state index is 3.57. The van der Waals surface area contributed by atoms with E-state index in [1.165, 1.54) is 21.5 Å². The summed E-state index contributed by atoms with van der Waals surface area (Å²) in [7, 11) is -1.81. The first kappa shape index (κ1) is 20.8. The van der Waals surface area contributed by atoms with E-state index in [0.29, 0.717) is 0 Å². The fourth-order valence-corrected chi connectivity index (χ4v) is 8.14. The summed E-state index contributed by atoms with van der Waals surface area (Å²) in [6, 6.07) is 41.9. The zero-order valence-electron chi connectivity index (χ0n) is 15.4. The van der Waals surface area contributed by atoms with Gasteiger partial charge in [-0.15, -0.1) is 0 Å². The molecule has 0 amide bonds. The van der Waals surface area contributed by atoms with Crippen molar-refractivity contribution in [1.82, 2.24) is 0 Å². The van der Waals surface area contributed by atoms with Crippen LogP contribution in [0.3, 0.4) is 0 Å². The van der Waals surface area contributed by atoms with Gasteiger partial charge in [-0.25, -0.2) is 0 Å². The zero-order chi connectivity index (χ0) is 18.5. The van der Waals surface area contributed by atoms with Crippen molar-refractivity contribution >= 4 is 39.1 Å². The average molecular weight is 468 g/mol. The molecule has 4 aromatic rings. The Labute approximate surface area is 182 Å². The Morgan fingerprint density at radius 3 is 1.21 bits per heavy atom. The molecule has 0 bridgehead atoms. The normalized spacial score (nSPS) is 10.9. The predicted molar refractivity (Wildman–Crippen MR) is 123 cm³/mol. The van der Waals surface area contributed by atoms with Crippen LogP contribution in [-0.2, 0) is 6.16 Å². The lowest BCUT2D eigenvalue weighted by molar-refractivity contribution is -0.00000511. The van der Waals surface area contributed by atoms with Crippen LogP contribution in [0.25, 0.3) is 0 Å². The van der Waals surface area contributed by atoms with E-state index >= 15 is 0 Å². The van der Waals surface area contributed by atoms with Crippen LogP contribution in [0.5, 0.6) is 0 Å². The largest absolute Gasteiger partial charge is 1.00 e. The van der Waals surface area contributed by atoms with Crippen molar-refractivity contribution in [3.63, 3.8) is 0 Å². The van der Waals surface area contributed by atoms with Gasteiger partial charge in [0.2, 0.25) is 0 Å². The molecule has 0 spiro atoms. The quantitative estimate of drug-likeness (QED) is 0.396. The highest BCUT2D eigenvalue weighted by atomic mass is 79.9. The third-order valence-corrected chi connectivity index (χ3v) is 9.83. The minimum atomic E-state index is -1.81. The van der Waals surface area contributed by atoms with Crippen molar-refractivity contribution in [2.75, 3.05) is 0 Å². The number of rotatable bonds is 5. The zero-order valence-corrected chi connectivity index (χ0v) is 18.6. The fraction of sp³-hybridized carbons (Fsp3) is 0.0400. The Bertz CT molecular complexity index is 890. The third kappa shape index (κ3) is 4.23. The molecule has 0 nitrogen and oxygen atoms in total. The first-order chi connectivity index (χ1) is 13.3. The maximum atomic E-state index is 3.57. The highest BCUT2D eigenvalue weighted by Gasteiger charge is 2.45. The van der Waals surface area contributed by atoms with Gasteiger partial charge in [-0.1, -0.05) is 82.7 Å². The molecule has 140 valence electrons.